The lowest BCUT2D eigenvalue weighted by atomic mass is 10.1. The van der Waals surface area contributed by atoms with Crippen molar-refractivity contribution in [2.24, 2.45) is 0 Å². The van der Waals surface area contributed by atoms with Crippen LogP contribution in [-0.2, 0) is 4.79 Å². The van der Waals surface area contributed by atoms with Gasteiger partial charge in [-0.3, -0.25) is 9.59 Å². The molecule has 1 aliphatic rings. The van der Waals surface area contributed by atoms with Gasteiger partial charge >= 0.3 is 0 Å². The standard InChI is InChI=1S/C18H26N2O2S/c1-3-4-5-6-7-13(2)19-18(22)14-8-9-16-15(12-14)20-17(21)10-11-23-16/h8-9,12-13H,3-7,10-11H2,1-2H3,(H,19,22)(H,20,21). The molecule has 5 heteroatoms. The van der Waals surface area contributed by atoms with E-state index >= 15 is 0 Å². The summed E-state index contributed by atoms with van der Waals surface area (Å²) in [6, 6.07) is 5.71. The SMILES string of the molecule is CCCCCCC(C)NC(=O)c1ccc2c(c1)NC(=O)CCS2. The van der Waals surface area contributed by atoms with Gasteiger partial charge in [-0.25, -0.2) is 0 Å². The largest absolute Gasteiger partial charge is 0.350 e. The molecule has 2 N–H and O–H groups in total. The Morgan fingerprint density at radius 3 is 2.96 bits per heavy atom. The summed E-state index contributed by atoms with van der Waals surface area (Å²) in [5.74, 6) is 0.719. The second kappa shape index (κ2) is 8.96. The number of thioether (sulfide) groups is 1. The molecule has 0 saturated carbocycles. The first-order chi connectivity index (χ1) is 11.1. The zero-order valence-corrected chi connectivity index (χ0v) is 14.8. The zero-order valence-electron chi connectivity index (χ0n) is 14.0. The number of hydrogen-bond donors (Lipinski definition) is 2. The van der Waals surface area contributed by atoms with Crippen LogP contribution in [0.25, 0.3) is 0 Å². The summed E-state index contributed by atoms with van der Waals surface area (Å²) < 4.78 is 0. The first-order valence-electron chi connectivity index (χ1n) is 8.47. The molecular weight excluding hydrogens is 308 g/mol. The lowest BCUT2D eigenvalue weighted by Crippen LogP contribution is -2.32. The van der Waals surface area contributed by atoms with Crippen molar-refractivity contribution < 1.29 is 9.59 Å². The van der Waals surface area contributed by atoms with Crippen molar-refractivity contribution in [3.05, 3.63) is 23.8 Å². The van der Waals surface area contributed by atoms with Crippen LogP contribution in [0.5, 0.6) is 0 Å². The van der Waals surface area contributed by atoms with Gasteiger partial charge in [0.15, 0.2) is 0 Å². The minimum Gasteiger partial charge on any atom is -0.350 e. The molecule has 2 rings (SSSR count). The molecule has 1 atom stereocenters. The number of carbonyl (C=O) groups is 2. The highest BCUT2D eigenvalue weighted by atomic mass is 32.2. The van der Waals surface area contributed by atoms with Crippen molar-refractivity contribution in [3.63, 3.8) is 0 Å². The minimum atomic E-state index is -0.0701. The Morgan fingerprint density at radius 2 is 2.17 bits per heavy atom. The van der Waals surface area contributed by atoms with E-state index in [0.29, 0.717) is 12.0 Å². The smallest absolute Gasteiger partial charge is 0.251 e. The van der Waals surface area contributed by atoms with E-state index in [1.54, 1.807) is 17.8 Å². The summed E-state index contributed by atoms with van der Waals surface area (Å²) in [7, 11) is 0. The van der Waals surface area contributed by atoms with Crippen LogP contribution in [0, 0.1) is 0 Å². The van der Waals surface area contributed by atoms with Crippen molar-refractivity contribution in [2.45, 2.75) is 63.3 Å². The molecule has 0 bridgehead atoms. The van der Waals surface area contributed by atoms with Gasteiger partial charge in [0.1, 0.15) is 0 Å². The number of hydrogen-bond acceptors (Lipinski definition) is 3. The molecule has 0 aromatic heterocycles. The van der Waals surface area contributed by atoms with Gasteiger partial charge in [-0.2, -0.15) is 0 Å². The molecule has 126 valence electrons. The maximum Gasteiger partial charge on any atom is 0.251 e. The molecule has 1 aromatic rings. The molecule has 2 amide bonds. The minimum absolute atomic E-state index is 0.0121. The van der Waals surface area contributed by atoms with Crippen LogP contribution in [0.4, 0.5) is 5.69 Å². The number of anilines is 1. The zero-order chi connectivity index (χ0) is 16.7. The first-order valence-corrected chi connectivity index (χ1v) is 9.46. The summed E-state index contributed by atoms with van der Waals surface area (Å²) in [5, 5.41) is 5.93. The van der Waals surface area contributed by atoms with Gasteiger partial charge in [-0.15, -0.1) is 11.8 Å². The van der Waals surface area contributed by atoms with Crippen LogP contribution in [0.3, 0.4) is 0 Å². The first kappa shape index (κ1) is 17.9. The Balaban J connectivity index is 1.93. The van der Waals surface area contributed by atoms with E-state index in [1.165, 1.54) is 19.3 Å². The molecule has 0 spiro atoms. The third-order valence-electron chi connectivity index (χ3n) is 3.97. The molecule has 0 saturated heterocycles. The second-order valence-corrected chi connectivity index (χ2v) is 7.22. The number of fused-ring (bicyclic) bond motifs is 1. The molecule has 0 fully saturated rings. The van der Waals surface area contributed by atoms with Crippen LogP contribution in [-0.4, -0.2) is 23.6 Å². The topological polar surface area (TPSA) is 58.2 Å². The van der Waals surface area contributed by atoms with Crippen LogP contribution in [0.1, 0.15) is 62.7 Å². The molecule has 23 heavy (non-hydrogen) atoms. The number of benzene rings is 1. The fourth-order valence-electron chi connectivity index (χ4n) is 2.62. The molecule has 1 aliphatic heterocycles. The van der Waals surface area contributed by atoms with E-state index in [9.17, 15) is 9.59 Å². The van der Waals surface area contributed by atoms with E-state index < -0.39 is 0 Å². The third-order valence-corrected chi connectivity index (χ3v) is 5.05. The van der Waals surface area contributed by atoms with Gasteiger partial charge in [-0.05, 0) is 31.5 Å². The molecule has 0 radical (unpaired) electrons. The van der Waals surface area contributed by atoms with E-state index in [2.05, 4.69) is 17.6 Å². The van der Waals surface area contributed by atoms with E-state index in [-0.39, 0.29) is 17.9 Å². The predicted molar refractivity (Wildman–Crippen MR) is 96.1 cm³/mol. The predicted octanol–water partition coefficient (Wildman–Crippen LogP) is 4.21. The van der Waals surface area contributed by atoms with Gasteiger partial charge in [0, 0.05) is 28.7 Å². The molecule has 1 aromatic carbocycles. The molecule has 1 heterocycles. The second-order valence-electron chi connectivity index (χ2n) is 6.08. The number of amides is 2. The van der Waals surface area contributed by atoms with Crippen molar-refractivity contribution in [3.8, 4) is 0 Å². The van der Waals surface area contributed by atoms with E-state index in [0.717, 1.165) is 29.2 Å². The lowest BCUT2D eigenvalue weighted by Gasteiger charge is -2.15. The number of nitrogens with one attached hydrogen (secondary N) is 2. The third kappa shape index (κ3) is 5.57. The summed E-state index contributed by atoms with van der Waals surface area (Å²) >= 11 is 1.65. The number of carbonyl (C=O) groups excluding carboxylic acids is 2. The highest BCUT2D eigenvalue weighted by Gasteiger charge is 2.16. The molecule has 1 unspecified atom stereocenters. The van der Waals surface area contributed by atoms with Crippen LogP contribution < -0.4 is 10.6 Å². The fourth-order valence-corrected chi connectivity index (χ4v) is 3.55. The maximum absolute atomic E-state index is 12.4. The fraction of sp³-hybridized carbons (Fsp3) is 0.556. The summed E-state index contributed by atoms with van der Waals surface area (Å²) in [6.07, 6.45) is 6.35. The van der Waals surface area contributed by atoms with E-state index in [4.69, 9.17) is 0 Å². The highest BCUT2D eigenvalue weighted by Crippen LogP contribution is 2.31. The average molecular weight is 334 g/mol. The van der Waals surface area contributed by atoms with E-state index in [1.807, 2.05) is 19.1 Å². The van der Waals surface area contributed by atoms with Gasteiger partial charge in [-0.1, -0.05) is 32.6 Å². The lowest BCUT2D eigenvalue weighted by molar-refractivity contribution is -0.115. The van der Waals surface area contributed by atoms with Gasteiger partial charge in [0.2, 0.25) is 5.91 Å². The quantitative estimate of drug-likeness (QED) is 0.734. The van der Waals surface area contributed by atoms with Crippen molar-refractivity contribution in [1.29, 1.82) is 0 Å². The Kier molecular flexibility index (Phi) is 6.96. The van der Waals surface area contributed by atoms with Crippen LogP contribution >= 0.6 is 11.8 Å². The highest BCUT2D eigenvalue weighted by molar-refractivity contribution is 7.99. The van der Waals surface area contributed by atoms with Crippen molar-refractivity contribution >= 4 is 29.3 Å². The van der Waals surface area contributed by atoms with Gasteiger partial charge in [0.25, 0.3) is 5.91 Å². The van der Waals surface area contributed by atoms with Crippen LogP contribution in [0.2, 0.25) is 0 Å². The number of unbranched alkanes of at least 4 members (excludes halogenated alkanes) is 3. The van der Waals surface area contributed by atoms with Gasteiger partial charge < -0.3 is 10.6 Å². The molecule has 4 nitrogen and oxygen atoms in total. The van der Waals surface area contributed by atoms with Crippen molar-refractivity contribution in [2.75, 3.05) is 11.1 Å². The molecule has 0 aliphatic carbocycles. The monoisotopic (exact) mass is 334 g/mol. The average Bonchev–Trinajstić information content (AvgIpc) is 2.71. The van der Waals surface area contributed by atoms with Gasteiger partial charge in [0.05, 0.1) is 5.69 Å². The number of rotatable bonds is 7. The maximum atomic E-state index is 12.4. The Hall–Kier alpha value is -1.49. The summed E-state index contributed by atoms with van der Waals surface area (Å²) in [5.41, 5.74) is 1.35. The summed E-state index contributed by atoms with van der Waals surface area (Å²) in [4.78, 5) is 25.0. The van der Waals surface area contributed by atoms with Crippen LogP contribution in [0.15, 0.2) is 23.1 Å². The molecular formula is C18H26N2O2S. The normalized spacial score (nSPS) is 15.3. The Labute approximate surface area is 142 Å². The Bertz CT molecular complexity index is 560. The Morgan fingerprint density at radius 1 is 1.35 bits per heavy atom. The van der Waals surface area contributed by atoms with Crippen molar-refractivity contribution in [1.82, 2.24) is 5.32 Å². The summed E-state index contributed by atoms with van der Waals surface area (Å²) in [6.45, 7) is 4.24.